The van der Waals surface area contributed by atoms with Crippen LogP contribution in [-0.2, 0) is 22.9 Å². The molecule has 31 heavy (non-hydrogen) atoms. The first-order chi connectivity index (χ1) is 15.1. The molecular formula is C25H25N3O2S. The highest BCUT2D eigenvalue weighted by Crippen LogP contribution is 2.31. The Morgan fingerprint density at radius 1 is 1.00 bits per heavy atom. The monoisotopic (exact) mass is 431 g/mol. The molecule has 158 valence electrons. The fourth-order valence-electron chi connectivity index (χ4n) is 4.53. The van der Waals surface area contributed by atoms with Crippen LogP contribution < -0.4 is 4.72 Å². The van der Waals surface area contributed by atoms with Crippen molar-refractivity contribution < 1.29 is 8.42 Å². The van der Waals surface area contributed by atoms with Crippen LogP contribution in [0.3, 0.4) is 0 Å². The summed E-state index contributed by atoms with van der Waals surface area (Å²) >= 11 is 0. The highest BCUT2D eigenvalue weighted by atomic mass is 32.2. The second-order valence-electron chi connectivity index (χ2n) is 8.12. The Bertz CT molecular complexity index is 1310. The van der Waals surface area contributed by atoms with Gasteiger partial charge in [-0.25, -0.2) is 13.1 Å². The Kier molecular flexibility index (Phi) is 5.34. The molecule has 2 aromatic heterocycles. The maximum absolute atomic E-state index is 13.2. The third-order valence-electron chi connectivity index (χ3n) is 6.19. The maximum atomic E-state index is 13.2. The summed E-state index contributed by atoms with van der Waals surface area (Å²) in [6.45, 7) is 0.257. The van der Waals surface area contributed by atoms with Gasteiger partial charge >= 0.3 is 0 Å². The van der Waals surface area contributed by atoms with Gasteiger partial charge in [0.05, 0.1) is 4.90 Å². The van der Waals surface area contributed by atoms with Crippen LogP contribution >= 0.6 is 0 Å². The van der Waals surface area contributed by atoms with Crippen LogP contribution in [0.5, 0.6) is 0 Å². The number of nitrogens with zero attached hydrogens (tertiary/aromatic N) is 1. The third kappa shape index (κ3) is 4.01. The molecule has 6 heteroatoms. The van der Waals surface area contributed by atoms with Crippen molar-refractivity contribution in [1.82, 2.24) is 14.7 Å². The Balaban J connectivity index is 1.46. The molecule has 0 bridgehead atoms. The fourth-order valence-corrected chi connectivity index (χ4v) is 5.62. The Labute approximate surface area is 182 Å². The molecule has 0 radical (unpaired) electrons. The summed E-state index contributed by atoms with van der Waals surface area (Å²) in [5.41, 5.74) is 5.49. The highest BCUT2D eigenvalue weighted by Gasteiger charge is 2.23. The molecule has 2 aromatic carbocycles. The molecule has 0 amide bonds. The molecule has 4 aromatic rings. The first kappa shape index (κ1) is 20.0. The summed E-state index contributed by atoms with van der Waals surface area (Å²) in [6.07, 6.45) is 9.78. The van der Waals surface area contributed by atoms with Crippen LogP contribution in [0.25, 0.3) is 10.9 Å². The standard InChI is InChI=1S/C25H25N3O2S/c29-31(30,21-12-11-18-6-1-2-7-19(18)14-21)28-17-23(20-8-5-13-26-15-20)24-16-27-25-10-4-3-9-22(24)25/h3-5,8-16,23,27-28H,1-2,6-7,17H2. The summed E-state index contributed by atoms with van der Waals surface area (Å²) < 4.78 is 29.2. The summed E-state index contributed by atoms with van der Waals surface area (Å²) in [6, 6.07) is 17.5. The Morgan fingerprint density at radius 3 is 2.68 bits per heavy atom. The van der Waals surface area contributed by atoms with Gasteiger partial charge in [0.25, 0.3) is 0 Å². The van der Waals surface area contributed by atoms with Gasteiger partial charge in [-0.15, -0.1) is 0 Å². The zero-order chi connectivity index (χ0) is 21.3. The van der Waals surface area contributed by atoms with Gasteiger partial charge in [-0.2, -0.15) is 0 Å². The van der Waals surface area contributed by atoms with E-state index in [1.165, 1.54) is 12.0 Å². The molecule has 0 fully saturated rings. The molecular weight excluding hydrogens is 406 g/mol. The summed E-state index contributed by atoms with van der Waals surface area (Å²) in [5.74, 6) is -0.155. The lowest BCUT2D eigenvalue weighted by atomic mass is 9.92. The Morgan fingerprint density at radius 2 is 1.84 bits per heavy atom. The van der Waals surface area contributed by atoms with E-state index in [2.05, 4.69) is 20.8 Å². The number of aryl methyl sites for hydroxylation is 2. The topological polar surface area (TPSA) is 74.8 Å². The molecule has 0 saturated carbocycles. The third-order valence-corrected chi connectivity index (χ3v) is 7.61. The molecule has 1 aliphatic carbocycles. The zero-order valence-electron chi connectivity index (χ0n) is 17.2. The van der Waals surface area contributed by atoms with Crippen molar-refractivity contribution in [2.45, 2.75) is 36.5 Å². The normalized spacial score (nSPS) is 15.0. The van der Waals surface area contributed by atoms with E-state index < -0.39 is 10.0 Å². The molecule has 1 unspecified atom stereocenters. The number of hydrogen-bond donors (Lipinski definition) is 2. The lowest BCUT2D eigenvalue weighted by molar-refractivity contribution is 0.577. The lowest BCUT2D eigenvalue weighted by Gasteiger charge is -2.19. The van der Waals surface area contributed by atoms with Gasteiger partial charge in [0.1, 0.15) is 0 Å². The second-order valence-corrected chi connectivity index (χ2v) is 9.89. The van der Waals surface area contributed by atoms with E-state index in [0.717, 1.165) is 46.9 Å². The van der Waals surface area contributed by atoms with Crippen molar-refractivity contribution in [2.75, 3.05) is 6.54 Å². The number of aromatic nitrogens is 2. The van der Waals surface area contributed by atoms with Crippen molar-refractivity contribution in [3.63, 3.8) is 0 Å². The Hall–Kier alpha value is -2.96. The summed E-state index contributed by atoms with van der Waals surface area (Å²) in [4.78, 5) is 7.91. The van der Waals surface area contributed by atoms with Gasteiger partial charge in [-0.3, -0.25) is 4.98 Å². The van der Waals surface area contributed by atoms with E-state index in [-0.39, 0.29) is 12.5 Å². The number of benzene rings is 2. The zero-order valence-corrected chi connectivity index (χ0v) is 18.0. The highest BCUT2D eigenvalue weighted by molar-refractivity contribution is 7.89. The van der Waals surface area contributed by atoms with Gasteiger partial charge in [-0.1, -0.05) is 30.3 Å². The number of hydrogen-bond acceptors (Lipinski definition) is 3. The van der Waals surface area contributed by atoms with E-state index in [1.807, 2.05) is 48.7 Å². The first-order valence-corrected chi connectivity index (χ1v) is 12.2. The minimum Gasteiger partial charge on any atom is -0.361 e. The first-order valence-electron chi connectivity index (χ1n) is 10.7. The minimum atomic E-state index is -3.62. The van der Waals surface area contributed by atoms with Crippen LogP contribution in [0.4, 0.5) is 0 Å². The molecule has 2 N–H and O–H groups in total. The van der Waals surface area contributed by atoms with E-state index in [0.29, 0.717) is 4.90 Å². The van der Waals surface area contributed by atoms with Crippen molar-refractivity contribution in [2.24, 2.45) is 0 Å². The molecule has 1 atom stereocenters. The lowest BCUT2D eigenvalue weighted by Crippen LogP contribution is -2.29. The molecule has 0 saturated heterocycles. The van der Waals surface area contributed by atoms with Crippen molar-refractivity contribution in [1.29, 1.82) is 0 Å². The predicted molar refractivity (Wildman–Crippen MR) is 123 cm³/mol. The number of fused-ring (bicyclic) bond motifs is 2. The van der Waals surface area contributed by atoms with Crippen molar-refractivity contribution in [3.05, 3.63) is 95.4 Å². The number of sulfonamides is 1. The molecule has 0 aliphatic heterocycles. The van der Waals surface area contributed by atoms with Crippen LogP contribution in [0, 0.1) is 0 Å². The number of H-pyrrole nitrogens is 1. The summed E-state index contributed by atoms with van der Waals surface area (Å²) in [7, 11) is -3.62. The number of rotatable bonds is 6. The fraction of sp³-hybridized carbons (Fsp3) is 0.240. The van der Waals surface area contributed by atoms with E-state index in [9.17, 15) is 8.42 Å². The molecule has 0 spiro atoms. The van der Waals surface area contributed by atoms with Crippen LogP contribution in [0.15, 0.2) is 78.1 Å². The van der Waals surface area contributed by atoms with Gasteiger partial charge in [-0.05, 0) is 72.2 Å². The van der Waals surface area contributed by atoms with Gasteiger partial charge in [0.15, 0.2) is 0 Å². The minimum absolute atomic E-state index is 0.155. The molecule has 1 aliphatic rings. The van der Waals surface area contributed by atoms with Gasteiger partial charge in [0.2, 0.25) is 10.0 Å². The quantitative estimate of drug-likeness (QED) is 0.470. The van der Waals surface area contributed by atoms with Gasteiger partial charge < -0.3 is 4.98 Å². The smallest absolute Gasteiger partial charge is 0.240 e. The molecule has 2 heterocycles. The SMILES string of the molecule is O=S(=O)(NCC(c1cccnc1)c1c[nH]c2ccccc12)c1ccc2c(c1)CCCC2. The number of pyridine rings is 1. The number of nitrogens with one attached hydrogen (secondary N) is 2. The van der Waals surface area contributed by atoms with E-state index in [1.54, 1.807) is 18.5 Å². The number of para-hydroxylation sites is 1. The van der Waals surface area contributed by atoms with Crippen molar-refractivity contribution in [3.8, 4) is 0 Å². The van der Waals surface area contributed by atoms with Crippen molar-refractivity contribution >= 4 is 20.9 Å². The van der Waals surface area contributed by atoms with Crippen LogP contribution in [0.2, 0.25) is 0 Å². The van der Waals surface area contributed by atoms with E-state index >= 15 is 0 Å². The van der Waals surface area contributed by atoms with Crippen LogP contribution in [0.1, 0.15) is 41.0 Å². The second kappa shape index (κ2) is 8.29. The molecule has 5 nitrogen and oxygen atoms in total. The average Bonchev–Trinajstić information content (AvgIpc) is 3.23. The predicted octanol–water partition coefficient (Wildman–Crippen LogP) is 4.55. The number of aromatic amines is 1. The average molecular weight is 432 g/mol. The van der Waals surface area contributed by atoms with Gasteiger partial charge in [0, 0.05) is 42.0 Å². The van der Waals surface area contributed by atoms with E-state index in [4.69, 9.17) is 0 Å². The molecule has 5 rings (SSSR count). The van der Waals surface area contributed by atoms with Crippen LogP contribution in [-0.4, -0.2) is 24.9 Å². The largest absolute Gasteiger partial charge is 0.361 e. The summed E-state index contributed by atoms with van der Waals surface area (Å²) in [5, 5.41) is 1.09. The maximum Gasteiger partial charge on any atom is 0.240 e.